The Morgan fingerprint density at radius 3 is 3.19 bits per heavy atom. The molecule has 1 saturated heterocycles. The Kier molecular flexibility index (Phi) is 2.27. The van der Waals surface area contributed by atoms with E-state index in [9.17, 15) is 4.39 Å². The smallest absolute Gasteiger partial charge is 0.125 e. The predicted octanol–water partition coefficient (Wildman–Crippen LogP) is 2.86. The largest absolute Gasteiger partial charge is 0.381 e. The summed E-state index contributed by atoms with van der Waals surface area (Å²) in [6, 6.07) is 5.57. The van der Waals surface area contributed by atoms with Crippen molar-refractivity contribution in [3.05, 3.63) is 24.0 Å². The van der Waals surface area contributed by atoms with Crippen molar-refractivity contribution in [3.8, 4) is 0 Å². The number of halogens is 1. The van der Waals surface area contributed by atoms with Crippen molar-refractivity contribution >= 4 is 11.4 Å². The molecule has 0 saturated carbocycles. The SMILES string of the molecule is CC1CCN2c3cc(F)ccc3NCC2C1. The van der Waals surface area contributed by atoms with E-state index < -0.39 is 0 Å². The molecule has 2 unspecified atom stereocenters. The van der Waals surface area contributed by atoms with Crippen molar-refractivity contribution in [1.82, 2.24) is 0 Å². The Hall–Kier alpha value is -1.25. The second kappa shape index (κ2) is 3.65. The predicted molar refractivity (Wildman–Crippen MR) is 64.4 cm³/mol. The van der Waals surface area contributed by atoms with Crippen LogP contribution in [0.5, 0.6) is 0 Å². The molecule has 0 radical (unpaired) electrons. The van der Waals surface area contributed by atoms with Gasteiger partial charge in [-0.05, 0) is 37.0 Å². The van der Waals surface area contributed by atoms with Gasteiger partial charge >= 0.3 is 0 Å². The Morgan fingerprint density at radius 1 is 1.44 bits per heavy atom. The van der Waals surface area contributed by atoms with Crippen molar-refractivity contribution in [2.75, 3.05) is 23.3 Å². The normalized spacial score (nSPS) is 28.0. The Morgan fingerprint density at radius 2 is 2.31 bits per heavy atom. The van der Waals surface area contributed by atoms with E-state index in [1.54, 1.807) is 6.07 Å². The maximum atomic E-state index is 13.3. The number of hydrogen-bond donors (Lipinski definition) is 1. The molecule has 1 aromatic rings. The minimum absolute atomic E-state index is 0.139. The third kappa shape index (κ3) is 1.55. The lowest BCUT2D eigenvalue weighted by molar-refractivity contribution is 0.367. The second-order valence-corrected chi connectivity index (χ2v) is 5.02. The maximum Gasteiger partial charge on any atom is 0.125 e. The van der Waals surface area contributed by atoms with Crippen molar-refractivity contribution in [2.45, 2.75) is 25.8 Å². The standard InChI is InChI=1S/C13H17FN2/c1-9-4-5-16-11(6-9)8-15-12-3-2-10(14)7-13(12)16/h2-3,7,9,11,15H,4-6,8H2,1H3. The Bertz CT molecular complexity index is 405. The zero-order chi connectivity index (χ0) is 11.1. The molecule has 1 N–H and O–H groups in total. The second-order valence-electron chi connectivity index (χ2n) is 5.02. The third-order valence-electron chi connectivity index (χ3n) is 3.78. The van der Waals surface area contributed by atoms with Crippen LogP contribution in [0.2, 0.25) is 0 Å². The van der Waals surface area contributed by atoms with E-state index in [2.05, 4.69) is 17.1 Å². The summed E-state index contributed by atoms with van der Waals surface area (Å²) in [5.41, 5.74) is 2.12. The van der Waals surface area contributed by atoms with Gasteiger partial charge in [-0.2, -0.15) is 0 Å². The van der Waals surface area contributed by atoms with E-state index >= 15 is 0 Å². The van der Waals surface area contributed by atoms with Gasteiger partial charge in [0.1, 0.15) is 5.82 Å². The minimum Gasteiger partial charge on any atom is -0.381 e. The Labute approximate surface area is 95.4 Å². The number of nitrogens with one attached hydrogen (secondary N) is 1. The highest BCUT2D eigenvalue weighted by atomic mass is 19.1. The summed E-state index contributed by atoms with van der Waals surface area (Å²) in [7, 11) is 0. The van der Waals surface area contributed by atoms with Gasteiger partial charge in [0.05, 0.1) is 11.4 Å². The quantitative estimate of drug-likeness (QED) is 0.723. The molecule has 2 nitrogen and oxygen atoms in total. The number of hydrogen-bond acceptors (Lipinski definition) is 2. The number of nitrogens with zero attached hydrogens (tertiary/aromatic N) is 1. The van der Waals surface area contributed by atoms with Gasteiger partial charge in [0.2, 0.25) is 0 Å². The summed E-state index contributed by atoms with van der Waals surface area (Å²) in [6.45, 7) is 4.35. The van der Waals surface area contributed by atoms with Crippen molar-refractivity contribution in [2.24, 2.45) is 5.92 Å². The van der Waals surface area contributed by atoms with Crippen LogP contribution in [0.1, 0.15) is 19.8 Å². The van der Waals surface area contributed by atoms with Crippen LogP contribution in [0.3, 0.4) is 0 Å². The molecule has 3 heteroatoms. The summed E-state index contributed by atoms with van der Waals surface area (Å²) in [5.74, 6) is 0.651. The highest BCUT2D eigenvalue weighted by molar-refractivity contribution is 5.73. The summed E-state index contributed by atoms with van der Waals surface area (Å²) >= 11 is 0. The van der Waals surface area contributed by atoms with E-state index in [0.717, 1.165) is 30.4 Å². The molecule has 1 aromatic carbocycles. The summed E-state index contributed by atoms with van der Waals surface area (Å²) in [6.07, 6.45) is 2.43. The number of anilines is 2. The topological polar surface area (TPSA) is 15.3 Å². The van der Waals surface area contributed by atoms with Crippen LogP contribution in [-0.2, 0) is 0 Å². The first-order valence-corrected chi connectivity index (χ1v) is 6.04. The molecule has 86 valence electrons. The van der Waals surface area contributed by atoms with Gasteiger partial charge in [0.15, 0.2) is 0 Å². The molecule has 3 rings (SSSR count). The molecule has 2 aliphatic heterocycles. The van der Waals surface area contributed by atoms with E-state index in [1.165, 1.54) is 18.9 Å². The van der Waals surface area contributed by atoms with Crippen LogP contribution >= 0.6 is 0 Å². The molecule has 0 spiro atoms. The summed E-state index contributed by atoms with van der Waals surface area (Å²) in [5, 5.41) is 3.40. The molecule has 2 atom stereocenters. The highest BCUT2D eigenvalue weighted by Gasteiger charge is 2.31. The lowest BCUT2D eigenvalue weighted by Gasteiger charge is -2.44. The van der Waals surface area contributed by atoms with Gasteiger partial charge < -0.3 is 10.2 Å². The van der Waals surface area contributed by atoms with Gasteiger partial charge in [-0.25, -0.2) is 4.39 Å². The molecule has 16 heavy (non-hydrogen) atoms. The zero-order valence-electron chi connectivity index (χ0n) is 9.54. The summed E-state index contributed by atoms with van der Waals surface area (Å²) < 4.78 is 13.3. The van der Waals surface area contributed by atoms with Crippen LogP contribution in [0.4, 0.5) is 15.8 Å². The molecular formula is C13H17FN2. The molecule has 2 aliphatic rings. The Balaban J connectivity index is 1.96. The summed E-state index contributed by atoms with van der Waals surface area (Å²) in [4.78, 5) is 2.37. The van der Waals surface area contributed by atoms with Crippen LogP contribution < -0.4 is 10.2 Å². The van der Waals surface area contributed by atoms with Crippen molar-refractivity contribution in [1.29, 1.82) is 0 Å². The van der Waals surface area contributed by atoms with Crippen molar-refractivity contribution in [3.63, 3.8) is 0 Å². The van der Waals surface area contributed by atoms with E-state index in [0.29, 0.717) is 6.04 Å². The number of rotatable bonds is 0. The monoisotopic (exact) mass is 220 g/mol. The van der Waals surface area contributed by atoms with Gasteiger partial charge in [-0.1, -0.05) is 6.92 Å². The van der Waals surface area contributed by atoms with Crippen LogP contribution in [0, 0.1) is 11.7 Å². The van der Waals surface area contributed by atoms with Gasteiger partial charge in [-0.3, -0.25) is 0 Å². The maximum absolute atomic E-state index is 13.3. The molecule has 0 bridgehead atoms. The van der Waals surface area contributed by atoms with Gasteiger partial charge in [0, 0.05) is 19.1 Å². The molecule has 0 amide bonds. The lowest BCUT2D eigenvalue weighted by atomic mass is 9.90. The zero-order valence-corrected chi connectivity index (χ0v) is 9.54. The first-order chi connectivity index (χ1) is 7.74. The number of fused-ring (bicyclic) bond motifs is 3. The van der Waals surface area contributed by atoms with E-state index in [4.69, 9.17) is 0 Å². The fraction of sp³-hybridized carbons (Fsp3) is 0.538. The molecule has 1 fully saturated rings. The fourth-order valence-electron chi connectivity index (χ4n) is 2.88. The molecule has 0 aromatic heterocycles. The average Bonchev–Trinajstić information content (AvgIpc) is 2.28. The van der Waals surface area contributed by atoms with Crippen LogP contribution in [0.15, 0.2) is 18.2 Å². The lowest BCUT2D eigenvalue weighted by Crippen LogP contribution is -2.48. The fourth-order valence-corrected chi connectivity index (χ4v) is 2.88. The number of benzene rings is 1. The van der Waals surface area contributed by atoms with Gasteiger partial charge in [0.25, 0.3) is 0 Å². The van der Waals surface area contributed by atoms with Crippen LogP contribution in [0.25, 0.3) is 0 Å². The van der Waals surface area contributed by atoms with E-state index in [-0.39, 0.29) is 5.82 Å². The van der Waals surface area contributed by atoms with Crippen molar-refractivity contribution < 1.29 is 4.39 Å². The molecular weight excluding hydrogens is 203 g/mol. The molecule has 0 aliphatic carbocycles. The molecule has 2 heterocycles. The highest BCUT2D eigenvalue weighted by Crippen LogP contribution is 2.36. The van der Waals surface area contributed by atoms with E-state index in [1.807, 2.05) is 6.07 Å². The minimum atomic E-state index is -0.139. The average molecular weight is 220 g/mol. The first kappa shape index (κ1) is 9.94. The number of piperidine rings is 1. The van der Waals surface area contributed by atoms with Crippen LogP contribution in [-0.4, -0.2) is 19.1 Å². The third-order valence-corrected chi connectivity index (χ3v) is 3.78. The first-order valence-electron chi connectivity index (χ1n) is 6.04. The van der Waals surface area contributed by atoms with Gasteiger partial charge in [-0.15, -0.1) is 0 Å².